The number of carbonyl (C=O) groups is 1. The predicted octanol–water partition coefficient (Wildman–Crippen LogP) is 7.69. The molecule has 1 N–H and O–H groups in total. The van der Waals surface area contributed by atoms with E-state index in [0.29, 0.717) is 5.16 Å². The molecule has 194 valence electrons. The van der Waals surface area contributed by atoms with Crippen molar-refractivity contribution >= 4 is 39.5 Å². The summed E-state index contributed by atoms with van der Waals surface area (Å²) in [5.41, 5.74) is 5.43. The van der Waals surface area contributed by atoms with Crippen molar-refractivity contribution in [2.75, 3.05) is 14.2 Å². The Kier molecular flexibility index (Phi) is 6.59. The maximum atomic E-state index is 13.9. The van der Waals surface area contributed by atoms with Crippen molar-refractivity contribution in [3.63, 3.8) is 0 Å². The molecule has 0 bridgehead atoms. The van der Waals surface area contributed by atoms with Crippen LogP contribution in [0.3, 0.4) is 0 Å². The fourth-order valence-corrected chi connectivity index (χ4v) is 5.74. The van der Waals surface area contributed by atoms with Gasteiger partial charge in [0.25, 0.3) is 0 Å². The van der Waals surface area contributed by atoms with Crippen LogP contribution in [0.25, 0.3) is 44.3 Å². The van der Waals surface area contributed by atoms with Gasteiger partial charge in [-0.1, -0.05) is 48.2 Å². The number of para-hydroxylation sites is 2. The van der Waals surface area contributed by atoms with Crippen molar-refractivity contribution < 1.29 is 14.3 Å². The number of fused-ring (bicyclic) bond motifs is 3. The number of carbonyl (C=O) groups excluding carboxylic acids is 1. The number of hydrogen-bond acceptors (Lipinski definition) is 5. The number of hydrogen-bond donors (Lipinski definition) is 1. The topological polar surface area (TPSA) is 69.1 Å². The number of aromatic amines is 1. The van der Waals surface area contributed by atoms with Gasteiger partial charge in [-0.3, -0.25) is 9.36 Å². The first-order chi connectivity index (χ1) is 19.1. The highest BCUT2D eigenvalue weighted by molar-refractivity contribution is 8.00. The van der Waals surface area contributed by atoms with Crippen LogP contribution >= 0.6 is 11.8 Å². The third-order valence-electron chi connectivity index (χ3n) is 6.86. The number of nitrogens with zero attached hydrogens (tertiary/aromatic N) is 2. The molecule has 4 aromatic carbocycles. The van der Waals surface area contributed by atoms with Gasteiger partial charge in [0, 0.05) is 21.9 Å². The molecular formula is C32H27N3O3S. The van der Waals surface area contributed by atoms with Crippen LogP contribution in [-0.4, -0.2) is 39.9 Å². The SMILES string of the molecule is COc1ccc(-c2nc(SC(C)C(=O)n3c4ccccc4c4ccccc43)[nH]c2-c2ccc(OC)cc2)cc1. The number of benzene rings is 4. The Balaban J connectivity index is 1.38. The van der Waals surface area contributed by atoms with Gasteiger partial charge >= 0.3 is 0 Å². The maximum Gasteiger partial charge on any atom is 0.244 e. The predicted molar refractivity (Wildman–Crippen MR) is 158 cm³/mol. The minimum absolute atomic E-state index is 0.00537. The molecule has 6 rings (SSSR count). The Morgan fingerprint density at radius 3 is 1.82 bits per heavy atom. The molecule has 6 nitrogen and oxygen atoms in total. The van der Waals surface area contributed by atoms with E-state index in [1.165, 1.54) is 11.8 Å². The van der Waals surface area contributed by atoms with E-state index in [-0.39, 0.29) is 11.2 Å². The van der Waals surface area contributed by atoms with Crippen LogP contribution in [-0.2, 0) is 0 Å². The van der Waals surface area contributed by atoms with Crippen molar-refractivity contribution in [3.05, 3.63) is 97.1 Å². The Morgan fingerprint density at radius 1 is 0.769 bits per heavy atom. The molecule has 39 heavy (non-hydrogen) atoms. The summed E-state index contributed by atoms with van der Waals surface area (Å²) >= 11 is 1.42. The summed E-state index contributed by atoms with van der Waals surface area (Å²) < 4.78 is 12.5. The Bertz CT molecular complexity index is 1670. The lowest BCUT2D eigenvalue weighted by molar-refractivity contribution is 0.0925. The summed E-state index contributed by atoms with van der Waals surface area (Å²) in [5, 5.41) is 2.43. The second-order valence-corrected chi connectivity index (χ2v) is 10.5. The maximum absolute atomic E-state index is 13.9. The third-order valence-corrected chi connectivity index (χ3v) is 7.83. The van der Waals surface area contributed by atoms with Crippen LogP contribution in [0.2, 0.25) is 0 Å². The van der Waals surface area contributed by atoms with E-state index in [0.717, 1.165) is 55.8 Å². The van der Waals surface area contributed by atoms with Gasteiger partial charge in [-0.05, 0) is 67.6 Å². The number of aromatic nitrogens is 3. The van der Waals surface area contributed by atoms with Crippen molar-refractivity contribution in [3.8, 4) is 34.0 Å². The standard InChI is InChI=1S/C32H27N3O3S/c1-20(31(36)35-27-10-6-4-8-25(27)26-9-5-7-11-28(26)35)39-32-33-29(21-12-16-23(37-2)17-13-21)30(34-32)22-14-18-24(38-3)19-15-22/h4-20H,1-3H3,(H,33,34). The van der Waals surface area contributed by atoms with E-state index in [9.17, 15) is 4.79 Å². The average molecular weight is 534 g/mol. The fraction of sp³-hybridized carbons (Fsp3) is 0.125. The van der Waals surface area contributed by atoms with E-state index >= 15 is 0 Å². The smallest absolute Gasteiger partial charge is 0.244 e. The molecule has 2 aromatic heterocycles. The number of imidazole rings is 1. The molecule has 0 fully saturated rings. The fourth-order valence-electron chi connectivity index (χ4n) is 4.89. The molecule has 0 saturated carbocycles. The number of thioether (sulfide) groups is 1. The van der Waals surface area contributed by atoms with Gasteiger partial charge in [0.15, 0.2) is 5.16 Å². The zero-order valence-corrected chi connectivity index (χ0v) is 22.7. The summed E-state index contributed by atoms with van der Waals surface area (Å²) in [7, 11) is 3.30. The zero-order valence-electron chi connectivity index (χ0n) is 21.8. The lowest BCUT2D eigenvalue weighted by atomic mass is 10.0. The number of H-pyrrole nitrogens is 1. The molecule has 0 saturated heterocycles. The van der Waals surface area contributed by atoms with Crippen molar-refractivity contribution in [1.82, 2.24) is 14.5 Å². The first-order valence-corrected chi connectivity index (χ1v) is 13.5. The van der Waals surface area contributed by atoms with E-state index in [1.54, 1.807) is 14.2 Å². The summed E-state index contributed by atoms with van der Waals surface area (Å²) in [6.45, 7) is 1.93. The van der Waals surface area contributed by atoms with E-state index in [4.69, 9.17) is 14.5 Å². The van der Waals surface area contributed by atoms with E-state index < -0.39 is 0 Å². The van der Waals surface area contributed by atoms with Crippen molar-refractivity contribution in [1.29, 1.82) is 0 Å². The summed E-state index contributed by atoms with van der Waals surface area (Å²) in [6, 6.07) is 31.8. The van der Waals surface area contributed by atoms with Gasteiger partial charge in [0.1, 0.15) is 11.5 Å². The van der Waals surface area contributed by atoms with Crippen LogP contribution in [0.4, 0.5) is 0 Å². The Hall–Kier alpha value is -4.49. The molecule has 6 aromatic rings. The first-order valence-electron chi connectivity index (χ1n) is 12.7. The molecule has 0 radical (unpaired) electrons. The average Bonchev–Trinajstić information content (AvgIpc) is 3.56. The minimum atomic E-state index is -0.386. The molecule has 0 spiro atoms. The monoisotopic (exact) mass is 533 g/mol. The van der Waals surface area contributed by atoms with Gasteiger partial charge < -0.3 is 14.5 Å². The molecule has 1 atom stereocenters. The van der Waals surface area contributed by atoms with Gasteiger partial charge in [-0.25, -0.2) is 4.98 Å². The quantitative estimate of drug-likeness (QED) is 0.213. The number of methoxy groups -OCH3 is 2. The van der Waals surface area contributed by atoms with Crippen LogP contribution in [0.1, 0.15) is 11.7 Å². The zero-order chi connectivity index (χ0) is 26.9. The van der Waals surface area contributed by atoms with Gasteiger partial charge in [-0.2, -0.15) is 0 Å². The van der Waals surface area contributed by atoms with Gasteiger partial charge in [0.2, 0.25) is 5.91 Å². The van der Waals surface area contributed by atoms with Crippen molar-refractivity contribution in [2.24, 2.45) is 0 Å². The highest BCUT2D eigenvalue weighted by Gasteiger charge is 2.24. The van der Waals surface area contributed by atoms with Crippen LogP contribution in [0.15, 0.2) is 102 Å². The summed E-state index contributed by atoms with van der Waals surface area (Å²) in [5.74, 6) is 1.57. The number of ether oxygens (including phenoxy) is 2. The largest absolute Gasteiger partial charge is 0.497 e. The van der Waals surface area contributed by atoms with Crippen LogP contribution < -0.4 is 9.47 Å². The molecule has 7 heteroatoms. The Labute approximate surface area is 230 Å². The lowest BCUT2D eigenvalue weighted by Crippen LogP contribution is -2.21. The van der Waals surface area contributed by atoms with Crippen molar-refractivity contribution in [2.45, 2.75) is 17.3 Å². The van der Waals surface area contributed by atoms with E-state index in [1.807, 2.05) is 96.4 Å². The van der Waals surface area contributed by atoms with E-state index in [2.05, 4.69) is 17.1 Å². The van der Waals surface area contributed by atoms with Gasteiger partial charge in [0.05, 0.1) is 41.9 Å². The molecule has 0 amide bonds. The summed E-state index contributed by atoms with van der Waals surface area (Å²) in [4.78, 5) is 22.3. The van der Waals surface area contributed by atoms with Crippen LogP contribution in [0.5, 0.6) is 11.5 Å². The normalized spacial score (nSPS) is 12.1. The number of nitrogens with one attached hydrogen (secondary N) is 1. The first kappa shape index (κ1) is 24.8. The lowest BCUT2D eigenvalue weighted by Gasteiger charge is -2.11. The highest BCUT2D eigenvalue weighted by atomic mass is 32.2. The minimum Gasteiger partial charge on any atom is -0.497 e. The third kappa shape index (κ3) is 4.55. The van der Waals surface area contributed by atoms with Crippen LogP contribution in [0, 0.1) is 0 Å². The second-order valence-electron chi connectivity index (χ2n) is 9.19. The van der Waals surface area contributed by atoms with Gasteiger partial charge in [-0.15, -0.1) is 0 Å². The molecule has 0 aliphatic heterocycles. The molecule has 0 aliphatic rings. The molecule has 1 unspecified atom stereocenters. The molecule has 2 heterocycles. The second kappa shape index (κ2) is 10.3. The summed E-state index contributed by atoms with van der Waals surface area (Å²) in [6.07, 6.45) is 0. The molecule has 0 aliphatic carbocycles. The Morgan fingerprint density at radius 2 is 1.28 bits per heavy atom. The molecular weight excluding hydrogens is 506 g/mol. The highest BCUT2D eigenvalue weighted by Crippen LogP contribution is 2.36. The number of rotatable bonds is 7.